The minimum absolute atomic E-state index is 0.141. The molecule has 3 heterocycles. The Labute approximate surface area is 133 Å². The minimum atomic E-state index is -0.364. The van der Waals surface area contributed by atoms with Crippen molar-refractivity contribution in [2.45, 2.75) is 45.6 Å². The summed E-state index contributed by atoms with van der Waals surface area (Å²) in [4.78, 5) is 33.5. The van der Waals surface area contributed by atoms with Crippen LogP contribution in [0, 0.1) is 6.92 Å². The number of amides is 1. The van der Waals surface area contributed by atoms with Crippen LogP contribution in [0.4, 0.5) is 0 Å². The highest BCUT2D eigenvalue weighted by molar-refractivity contribution is 5.94. The van der Waals surface area contributed by atoms with Gasteiger partial charge in [0.1, 0.15) is 5.56 Å². The van der Waals surface area contributed by atoms with Gasteiger partial charge in [0.2, 0.25) is 5.89 Å². The number of likely N-dealkylation sites (tertiary alicyclic amines) is 1. The van der Waals surface area contributed by atoms with Gasteiger partial charge in [0.05, 0.1) is 6.04 Å². The largest absolute Gasteiger partial charge is 0.339 e. The molecule has 1 saturated heterocycles. The van der Waals surface area contributed by atoms with E-state index in [0.717, 1.165) is 18.5 Å². The number of H-pyrrole nitrogens is 1. The molecule has 1 aliphatic heterocycles. The van der Waals surface area contributed by atoms with Gasteiger partial charge in [0.25, 0.3) is 11.5 Å². The SMILES string of the molecule is Cc1ccc(C(=O)N2CCCC2c2noc(C(C)C)n2)c(=O)[nH]1. The number of pyridine rings is 1. The molecule has 122 valence electrons. The van der Waals surface area contributed by atoms with E-state index >= 15 is 0 Å². The molecule has 1 unspecified atom stereocenters. The highest BCUT2D eigenvalue weighted by atomic mass is 16.5. The van der Waals surface area contributed by atoms with Gasteiger partial charge in [-0.05, 0) is 31.9 Å². The van der Waals surface area contributed by atoms with E-state index in [1.807, 2.05) is 13.8 Å². The van der Waals surface area contributed by atoms with Crippen LogP contribution in [0.3, 0.4) is 0 Å². The first-order valence-electron chi connectivity index (χ1n) is 7.81. The van der Waals surface area contributed by atoms with Crippen LogP contribution in [0.25, 0.3) is 0 Å². The molecular formula is C16H20N4O3. The predicted molar refractivity (Wildman–Crippen MR) is 83.2 cm³/mol. The lowest BCUT2D eigenvalue weighted by molar-refractivity contribution is 0.0726. The Morgan fingerprint density at radius 1 is 1.43 bits per heavy atom. The number of hydrogen-bond acceptors (Lipinski definition) is 5. The summed E-state index contributed by atoms with van der Waals surface area (Å²) in [6.07, 6.45) is 1.62. The van der Waals surface area contributed by atoms with Gasteiger partial charge >= 0.3 is 0 Å². The Kier molecular flexibility index (Phi) is 4.02. The van der Waals surface area contributed by atoms with Crippen LogP contribution in [0.1, 0.15) is 66.4 Å². The van der Waals surface area contributed by atoms with Gasteiger partial charge in [-0.25, -0.2) is 0 Å². The molecule has 0 saturated carbocycles. The second kappa shape index (κ2) is 5.98. The van der Waals surface area contributed by atoms with Crippen molar-refractivity contribution < 1.29 is 9.32 Å². The van der Waals surface area contributed by atoms with Gasteiger partial charge in [0, 0.05) is 18.2 Å². The van der Waals surface area contributed by atoms with E-state index in [1.54, 1.807) is 24.0 Å². The molecule has 0 aromatic carbocycles. The van der Waals surface area contributed by atoms with Crippen molar-refractivity contribution in [2.24, 2.45) is 0 Å². The zero-order chi connectivity index (χ0) is 16.6. The van der Waals surface area contributed by atoms with Gasteiger partial charge in [-0.3, -0.25) is 9.59 Å². The van der Waals surface area contributed by atoms with E-state index in [2.05, 4.69) is 15.1 Å². The Morgan fingerprint density at radius 3 is 2.87 bits per heavy atom. The molecule has 1 amide bonds. The first-order chi connectivity index (χ1) is 11.0. The minimum Gasteiger partial charge on any atom is -0.339 e. The molecule has 2 aromatic heterocycles. The molecular weight excluding hydrogens is 296 g/mol. The van der Waals surface area contributed by atoms with Crippen molar-refractivity contribution in [3.8, 4) is 0 Å². The van der Waals surface area contributed by atoms with Crippen molar-refractivity contribution in [1.82, 2.24) is 20.0 Å². The maximum Gasteiger partial charge on any atom is 0.260 e. The standard InChI is InChI=1S/C16H20N4O3/c1-9(2)15-18-13(19-23-15)12-5-4-8-20(12)16(22)11-7-6-10(3)17-14(11)21/h6-7,9,12H,4-5,8H2,1-3H3,(H,17,21). The number of nitrogens with zero attached hydrogens (tertiary/aromatic N) is 3. The van der Waals surface area contributed by atoms with E-state index in [4.69, 9.17) is 4.52 Å². The zero-order valence-corrected chi connectivity index (χ0v) is 13.5. The fourth-order valence-electron chi connectivity index (χ4n) is 2.79. The Morgan fingerprint density at radius 2 is 2.22 bits per heavy atom. The average molecular weight is 316 g/mol. The molecule has 23 heavy (non-hydrogen) atoms. The maximum absolute atomic E-state index is 12.7. The lowest BCUT2D eigenvalue weighted by Gasteiger charge is -2.21. The summed E-state index contributed by atoms with van der Waals surface area (Å²) >= 11 is 0. The smallest absolute Gasteiger partial charge is 0.260 e. The summed E-state index contributed by atoms with van der Waals surface area (Å²) in [6, 6.07) is 3.06. The molecule has 7 heteroatoms. The second-order valence-electron chi connectivity index (χ2n) is 6.19. The predicted octanol–water partition coefficient (Wildman–Crippen LogP) is 2.17. The third-order valence-corrected chi connectivity index (χ3v) is 4.05. The van der Waals surface area contributed by atoms with Crippen LogP contribution in [-0.4, -0.2) is 32.5 Å². The van der Waals surface area contributed by atoms with Crippen LogP contribution >= 0.6 is 0 Å². The summed E-state index contributed by atoms with van der Waals surface area (Å²) < 4.78 is 5.24. The molecule has 1 atom stereocenters. The van der Waals surface area contributed by atoms with Gasteiger partial charge < -0.3 is 14.4 Å². The van der Waals surface area contributed by atoms with Crippen molar-refractivity contribution in [1.29, 1.82) is 0 Å². The Bertz CT molecular complexity index is 778. The van der Waals surface area contributed by atoms with E-state index in [-0.39, 0.29) is 29.0 Å². The Hall–Kier alpha value is -2.44. The van der Waals surface area contributed by atoms with Gasteiger partial charge in [-0.15, -0.1) is 0 Å². The van der Waals surface area contributed by atoms with E-state index in [9.17, 15) is 9.59 Å². The lowest BCUT2D eigenvalue weighted by Crippen LogP contribution is -2.34. The number of rotatable bonds is 3. The number of hydrogen-bond donors (Lipinski definition) is 1. The molecule has 0 aliphatic carbocycles. The van der Waals surface area contributed by atoms with Gasteiger partial charge in [-0.2, -0.15) is 4.98 Å². The first-order valence-corrected chi connectivity index (χ1v) is 7.81. The van der Waals surface area contributed by atoms with E-state index < -0.39 is 0 Å². The summed E-state index contributed by atoms with van der Waals surface area (Å²) in [5.41, 5.74) is 0.510. The summed E-state index contributed by atoms with van der Waals surface area (Å²) in [5, 5.41) is 4.02. The third kappa shape index (κ3) is 2.91. The molecule has 1 fully saturated rings. The van der Waals surface area contributed by atoms with Crippen LogP contribution in [-0.2, 0) is 0 Å². The summed E-state index contributed by atoms with van der Waals surface area (Å²) in [7, 11) is 0. The number of carbonyl (C=O) groups is 1. The molecule has 1 aliphatic rings. The fourth-order valence-corrected chi connectivity index (χ4v) is 2.79. The quantitative estimate of drug-likeness (QED) is 0.937. The molecule has 0 radical (unpaired) electrons. The molecule has 3 rings (SSSR count). The van der Waals surface area contributed by atoms with Gasteiger partial charge in [-0.1, -0.05) is 19.0 Å². The summed E-state index contributed by atoms with van der Waals surface area (Å²) in [5.74, 6) is 0.932. The van der Waals surface area contributed by atoms with E-state index in [0.29, 0.717) is 18.3 Å². The normalized spacial score (nSPS) is 17.9. The molecule has 2 aromatic rings. The summed E-state index contributed by atoms with van der Waals surface area (Å²) in [6.45, 7) is 6.31. The topological polar surface area (TPSA) is 92.1 Å². The average Bonchev–Trinajstić information content (AvgIpc) is 3.15. The number of carbonyl (C=O) groups excluding carboxylic acids is 1. The van der Waals surface area contributed by atoms with Crippen molar-refractivity contribution >= 4 is 5.91 Å². The fraction of sp³-hybridized carbons (Fsp3) is 0.500. The third-order valence-electron chi connectivity index (χ3n) is 4.05. The molecule has 0 spiro atoms. The number of aromatic nitrogens is 3. The highest BCUT2D eigenvalue weighted by Gasteiger charge is 2.34. The van der Waals surface area contributed by atoms with Crippen LogP contribution < -0.4 is 5.56 Å². The number of aromatic amines is 1. The lowest BCUT2D eigenvalue weighted by atomic mass is 10.1. The second-order valence-corrected chi connectivity index (χ2v) is 6.19. The molecule has 0 bridgehead atoms. The molecule has 1 N–H and O–H groups in total. The van der Waals surface area contributed by atoms with E-state index in [1.165, 1.54) is 0 Å². The molecule has 7 nitrogen and oxygen atoms in total. The van der Waals surface area contributed by atoms with Crippen molar-refractivity contribution in [3.63, 3.8) is 0 Å². The van der Waals surface area contributed by atoms with Crippen LogP contribution in [0.5, 0.6) is 0 Å². The van der Waals surface area contributed by atoms with Crippen molar-refractivity contribution in [3.05, 3.63) is 45.5 Å². The maximum atomic E-state index is 12.7. The zero-order valence-electron chi connectivity index (χ0n) is 13.5. The first kappa shape index (κ1) is 15.5. The van der Waals surface area contributed by atoms with Crippen LogP contribution in [0.2, 0.25) is 0 Å². The van der Waals surface area contributed by atoms with Crippen molar-refractivity contribution in [2.75, 3.05) is 6.54 Å². The number of nitrogens with one attached hydrogen (secondary N) is 1. The number of aryl methyl sites for hydroxylation is 1. The van der Waals surface area contributed by atoms with Crippen LogP contribution in [0.15, 0.2) is 21.5 Å². The monoisotopic (exact) mass is 316 g/mol. The Balaban J connectivity index is 1.88. The highest BCUT2D eigenvalue weighted by Crippen LogP contribution is 2.31. The van der Waals surface area contributed by atoms with Gasteiger partial charge in [0.15, 0.2) is 5.82 Å².